The Hall–Kier alpha value is -1.57. The monoisotopic (exact) mass is 369 g/mol. The molecule has 1 aromatic carbocycles. The summed E-state index contributed by atoms with van der Waals surface area (Å²) in [4.78, 5) is 16.5. The van der Waals surface area contributed by atoms with Crippen molar-refractivity contribution in [2.45, 2.75) is 45.4 Å². The highest BCUT2D eigenvalue weighted by Crippen LogP contribution is 2.28. The number of halogens is 2. The molecule has 0 unspecified atom stereocenters. The van der Waals surface area contributed by atoms with E-state index < -0.39 is 17.4 Å². The third-order valence-electron chi connectivity index (χ3n) is 4.92. The van der Waals surface area contributed by atoms with Gasteiger partial charge in [0.15, 0.2) is 0 Å². The van der Waals surface area contributed by atoms with Crippen molar-refractivity contribution in [3.63, 3.8) is 0 Å². The first-order valence-electron chi connectivity index (χ1n) is 9.05. The average Bonchev–Trinajstić information content (AvgIpc) is 2.60. The fraction of sp³-hybridized carbons (Fsp3) is 0.632. The molecule has 7 heteroatoms. The number of carbonyl (C=O) groups excluding carboxylic acids is 1. The van der Waals surface area contributed by atoms with E-state index in [1.807, 2.05) is 24.3 Å². The fourth-order valence-electron chi connectivity index (χ4n) is 2.95. The molecule has 0 bridgehead atoms. The second-order valence-electron chi connectivity index (χ2n) is 7.30. The van der Waals surface area contributed by atoms with E-state index in [0.29, 0.717) is 0 Å². The number of piperazine rings is 1. The minimum Gasteiger partial charge on any atom is -0.384 e. The lowest BCUT2D eigenvalue weighted by molar-refractivity contribution is -0.182. The van der Waals surface area contributed by atoms with Crippen LogP contribution in [0.3, 0.4) is 0 Å². The van der Waals surface area contributed by atoms with E-state index in [1.54, 1.807) is 0 Å². The predicted octanol–water partition coefficient (Wildman–Crippen LogP) is 1.85. The summed E-state index contributed by atoms with van der Waals surface area (Å²) in [5.41, 5.74) is -0.579. The van der Waals surface area contributed by atoms with Gasteiger partial charge >= 0.3 is 5.92 Å². The Labute approximate surface area is 154 Å². The van der Waals surface area contributed by atoms with Gasteiger partial charge in [-0.1, -0.05) is 31.2 Å². The standard InChI is InChI=1S/C19H29F2N3O2/c1-4-23-9-11-24(12-10-23)14-16-8-6-5-7-15(16)13-22-17(25)19(20,21)18(2,3)26/h5-8,26H,4,9-14H2,1-3H3,(H,22,25). The summed E-state index contributed by atoms with van der Waals surface area (Å²) < 4.78 is 27.8. The Morgan fingerprint density at radius 2 is 1.65 bits per heavy atom. The van der Waals surface area contributed by atoms with Gasteiger partial charge in [-0.3, -0.25) is 9.69 Å². The van der Waals surface area contributed by atoms with Crippen LogP contribution in [0.4, 0.5) is 8.78 Å². The van der Waals surface area contributed by atoms with Gasteiger partial charge in [-0.2, -0.15) is 8.78 Å². The number of benzene rings is 1. The molecule has 1 heterocycles. The molecule has 0 aliphatic carbocycles. The second kappa shape index (κ2) is 8.41. The molecule has 1 aromatic rings. The minimum atomic E-state index is -3.85. The molecule has 5 nitrogen and oxygen atoms in total. The van der Waals surface area contributed by atoms with Crippen LogP contribution in [0.2, 0.25) is 0 Å². The van der Waals surface area contributed by atoms with Crippen LogP contribution >= 0.6 is 0 Å². The van der Waals surface area contributed by atoms with Gasteiger partial charge in [0.25, 0.3) is 5.91 Å². The molecule has 0 atom stereocenters. The van der Waals surface area contributed by atoms with Crippen LogP contribution in [0, 0.1) is 0 Å². The quantitative estimate of drug-likeness (QED) is 0.770. The minimum absolute atomic E-state index is 0.00953. The topological polar surface area (TPSA) is 55.8 Å². The van der Waals surface area contributed by atoms with Crippen molar-refractivity contribution in [2.24, 2.45) is 0 Å². The van der Waals surface area contributed by atoms with E-state index >= 15 is 0 Å². The van der Waals surface area contributed by atoms with Gasteiger partial charge in [0.2, 0.25) is 0 Å². The zero-order valence-electron chi connectivity index (χ0n) is 15.8. The molecule has 2 N–H and O–H groups in total. The van der Waals surface area contributed by atoms with Gasteiger partial charge < -0.3 is 15.3 Å². The van der Waals surface area contributed by atoms with Gasteiger partial charge in [-0.25, -0.2) is 0 Å². The molecule has 1 saturated heterocycles. The predicted molar refractivity (Wildman–Crippen MR) is 96.9 cm³/mol. The number of nitrogens with one attached hydrogen (secondary N) is 1. The number of alkyl halides is 2. The van der Waals surface area contributed by atoms with E-state index in [1.165, 1.54) is 0 Å². The molecule has 0 aromatic heterocycles. The van der Waals surface area contributed by atoms with Crippen LogP contribution in [-0.2, 0) is 17.9 Å². The average molecular weight is 369 g/mol. The molecule has 0 radical (unpaired) electrons. The maximum absolute atomic E-state index is 13.9. The summed E-state index contributed by atoms with van der Waals surface area (Å²) in [6.07, 6.45) is 0. The zero-order chi connectivity index (χ0) is 19.4. The normalized spacial score (nSPS) is 17.3. The van der Waals surface area contributed by atoms with Gasteiger partial charge in [0.1, 0.15) is 5.60 Å². The molecule has 1 amide bonds. The van der Waals surface area contributed by atoms with E-state index in [-0.39, 0.29) is 6.54 Å². The van der Waals surface area contributed by atoms with E-state index in [4.69, 9.17) is 0 Å². The van der Waals surface area contributed by atoms with Crippen LogP contribution < -0.4 is 5.32 Å². The third-order valence-corrected chi connectivity index (χ3v) is 4.92. The van der Waals surface area contributed by atoms with Gasteiger partial charge in [0, 0.05) is 39.3 Å². The van der Waals surface area contributed by atoms with Crippen molar-refractivity contribution in [3.8, 4) is 0 Å². The highest BCUT2D eigenvalue weighted by molar-refractivity contribution is 5.84. The Kier molecular flexibility index (Phi) is 6.71. The molecule has 146 valence electrons. The fourth-order valence-corrected chi connectivity index (χ4v) is 2.95. The Balaban J connectivity index is 1.98. The number of hydrogen-bond acceptors (Lipinski definition) is 4. The van der Waals surface area contributed by atoms with Gasteiger partial charge in [0.05, 0.1) is 0 Å². The second-order valence-corrected chi connectivity index (χ2v) is 7.30. The maximum Gasteiger partial charge on any atom is 0.351 e. The SMILES string of the molecule is CCN1CCN(Cc2ccccc2CNC(=O)C(F)(F)C(C)(C)O)CC1. The van der Waals surface area contributed by atoms with Crippen LogP contribution in [0.25, 0.3) is 0 Å². The van der Waals surface area contributed by atoms with Gasteiger partial charge in [-0.05, 0) is 31.5 Å². The molecule has 0 spiro atoms. The van der Waals surface area contributed by atoms with E-state index in [2.05, 4.69) is 22.0 Å². The summed E-state index contributed by atoms with van der Waals surface area (Å²) in [5.74, 6) is -5.31. The molecule has 2 rings (SSSR count). The first kappa shape index (κ1) is 20.7. The molecule has 26 heavy (non-hydrogen) atoms. The van der Waals surface area contributed by atoms with Crippen molar-refractivity contribution in [2.75, 3.05) is 32.7 Å². The smallest absolute Gasteiger partial charge is 0.351 e. The lowest BCUT2D eigenvalue weighted by Gasteiger charge is -2.34. The molecule has 1 fully saturated rings. The molecule has 1 aliphatic heterocycles. The lowest BCUT2D eigenvalue weighted by Crippen LogP contribution is -2.53. The Morgan fingerprint density at radius 3 is 2.19 bits per heavy atom. The summed E-state index contributed by atoms with van der Waals surface area (Å²) in [7, 11) is 0. The lowest BCUT2D eigenvalue weighted by atomic mass is 9.99. The zero-order valence-corrected chi connectivity index (χ0v) is 15.8. The Bertz CT molecular complexity index is 609. The number of rotatable bonds is 7. The van der Waals surface area contributed by atoms with Crippen molar-refractivity contribution < 1.29 is 18.7 Å². The number of carbonyl (C=O) groups is 1. The highest BCUT2D eigenvalue weighted by Gasteiger charge is 2.52. The third kappa shape index (κ3) is 4.99. The van der Waals surface area contributed by atoms with Crippen LogP contribution in [0.15, 0.2) is 24.3 Å². The number of likely N-dealkylation sites (N-methyl/N-ethyl adjacent to an activating group) is 1. The highest BCUT2D eigenvalue weighted by atomic mass is 19.3. The van der Waals surface area contributed by atoms with E-state index in [0.717, 1.165) is 64.2 Å². The first-order valence-corrected chi connectivity index (χ1v) is 9.05. The van der Waals surface area contributed by atoms with E-state index in [9.17, 15) is 18.7 Å². The summed E-state index contributed by atoms with van der Waals surface area (Å²) in [6, 6.07) is 7.53. The van der Waals surface area contributed by atoms with Crippen molar-refractivity contribution in [1.82, 2.24) is 15.1 Å². The van der Waals surface area contributed by atoms with Crippen molar-refractivity contribution in [3.05, 3.63) is 35.4 Å². The summed E-state index contributed by atoms with van der Waals surface area (Å²) in [6.45, 7) is 9.76. The molecular weight excluding hydrogens is 340 g/mol. The van der Waals surface area contributed by atoms with Crippen molar-refractivity contribution >= 4 is 5.91 Å². The first-order chi connectivity index (χ1) is 12.1. The molecule has 0 saturated carbocycles. The largest absolute Gasteiger partial charge is 0.384 e. The number of amides is 1. The number of nitrogens with zero attached hydrogens (tertiary/aromatic N) is 2. The van der Waals surface area contributed by atoms with Crippen LogP contribution in [-0.4, -0.2) is 65.1 Å². The number of hydrogen-bond donors (Lipinski definition) is 2. The number of aliphatic hydroxyl groups is 1. The molecular formula is C19H29F2N3O2. The molecule has 1 aliphatic rings. The van der Waals surface area contributed by atoms with Crippen LogP contribution in [0.1, 0.15) is 31.9 Å². The Morgan fingerprint density at radius 1 is 1.12 bits per heavy atom. The van der Waals surface area contributed by atoms with Gasteiger partial charge in [-0.15, -0.1) is 0 Å². The van der Waals surface area contributed by atoms with Crippen LogP contribution in [0.5, 0.6) is 0 Å². The summed E-state index contributed by atoms with van der Waals surface area (Å²) >= 11 is 0. The maximum atomic E-state index is 13.9. The van der Waals surface area contributed by atoms with Crippen molar-refractivity contribution in [1.29, 1.82) is 0 Å². The summed E-state index contributed by atoms with van der Waals surface area (Å²) in [5, 5.41) is 11.8.